The van der Waals surface area contributed by atoms with Crippen LogP contribution in [0.15, 0.2) is 0 Å². The molecule has 0 aromatic heterocycles. The summed E-state index contributed by atoms with van der Waals surface area (Å²) in [4.78, 5) is 10.1. The maximum absolute atomic E-state index is 10.1. The van der Waals surface area contributed by atoms with Gasteiger partial charge in [0.2, 0.25) is 0 Å². The number of hydrogen-bond acceptors (Lipinski definition) is 6. The molecule has 0 unspecified atom stereocenters. The number of nitrogens with two attached hydrogens (primary N) is 3. The van der Waals surface area contributed by atoms with Crippen LogP contribution in [0.5, 0.6) is 0 Å². The van der Waals surface area contributed by atoms with Crippen LogP contribution < -0.4 is 17.2 Å². The third-order valence-corrected chi connectivity index (χ3v) is 0.427. The molecule has 0 aliphatic rings. The van der Waals surface area contributed by atoms with Crippen molar-refractivity contribution in [1.29, 1.82) is 0 Å². The van der Waals surface area contributed by atoms with Gasteiger partial charge in [-0.15, -0.1) is 0 Å². The fourth-order valence-electron chi connectivity index (χ4n) is 0.186. The van der Waals surface area contributed by atoms with E-state index in [-0.39, 0.29) is 0 Å². The second-order valence-electron chi connectivity index (χ2n) is 1.41. The van der Waals surface area contributed by atoms with E-state index in [1.165, 1.54) is 0 Å². The molecule has 6 heteroatoms. The van der Waals surface area contributed by atoms with Crippen molar-refractivity contribution >= 4 is 6.16 Å². The molecule has 6 N–H and O–H groups in total. The molecule has 0 fully saturated rings. The Labute approximate surface area is 51.9 Å². The second-order valence-corrected chi connectivity index (χ2v) is 1.41. The molecule has 0 saturated carbocycles. The minimum Gasteiger partial charge on any atom is -0.438 e. The molecule has 0 spiro atoms. The molecule has 0 aromatic rings. The highest BCUT2D eigenvalue weighted by Gasteiger charge is 2.17. The SMILES string of the molecule is COC(=O)OC(N)(N)N. The van der Waals surface area contributed by atoms with E-state index in [4.69, 9.17) is 17.2 Å². The zero-order valence-electron chi connectivity index (χ0n) is 4.96. The molecule has 0 saturated heterocycles. The van der Waals surface area contributed by atoms with E-state index in [1.54, 1.807) is 0 Å². The fraction of sp³-hybridized carbons (Fsp3) is 0.667. The van der Waals surface area contributed by atoms with Crippen molar-refractivity contribution < 1.29 is 14.3 Å². The smallest absolute Gasteiger partial charge is 0.438 e. The predicted octanol–water partition coefficient (Wildman–Crippen LogP) is -1.74. The Morgan fingerprint density at radius 2 is 1.89 bits per heavy atom. The molecule has 0 atom stereocenters. The third-order valence-electron chi connectivity index (χ3n) is 0.427. The molecule has 0 bridgehead atoms. The van der Waals surface area contributed by atoms with E-state index in [0.717, 1.165) is 7.11 Å². The van der Waals surface area contributed by atoms with Crippen molar-refractivity contribution in [2.75, 3.05) is 7.11 Å². The molecular weight excluding hydrogens is 126 g/mol. The summed E-state index contributed by atoms with van der Waals surface area (Å²) >= 11 is 0. The van der Waals surface area contributed by atoms with E-state index >= 15 is 0 Å². The van der Waals surface area contributed by atoms with E-state index in [1.807, 2.05) is 0 Å². The Kier molecular flexibility index (Phi) is 2.38. The van der Waals surface area contributed by atoms with Crippen LogP contribution in [-0.4, -0.2) is 19.2 Å². The summed E-state index contributed by atoms with van der Waals surface area (Å²) in [5.41, 5.74) is 14.5. The first-order chi connectivity index (χ1) is 3.95. The Hall–Kier alpha value is -0.850. The first-order valence-electron chi connectivity index (χ1n) is 2.09. The van der Waals surface area contributed by atoms with Gasteiger partial charge in [-0.1, -0.05) is 0 Å². The van der Waals surface area contributed by atoms with Crippen LogP contribution in [0.3, 0.4) is 0 Å². The first kappa shape index (κ1) is 8.15. The molecule has 6 nitrogen and oxygen atoms in total. The maximum atomic E-state index is 10.1. The number of hydrogen-bond donors (Lipinski definition) is 3. The molecule has 0 rings (SSSR count). The molecule has 9 heavy (non-hydrogen) atoms. The zero-order chi connectivity index (χ0) is 7.49. The number of carbonyl (C=O) groups excluding carboxylic acids is 1. The molecular formula is C3H9N3O3. The lowest BCUT2D eigenvalue weighted by molar-refractivity contribution is -0.0171. The summed E-state index contributed by atoms with van der Waals surface area (Å²) in [5, 5.41) is 0. The zero-order valence-corrected chi connectivity index (χ0v) is 4.96. The molecule has 0 aliphatic heterocycles. The summed E-state index contributed by atoms with van der Waals surface area (Å²) in [5.74, 6) is -1.95. The summed E-state index contributed by atoms with van der Waals surface area (Å²) < 4.78 is 8.08. The fourth-order valence-corrected chi connectivity index (χ4v) is 0.186. The van der Waals surface area contributed by atoms with Crippen molar-refractivity contribution in [2.45, 2.75) is 5.97 Å². The van der Waals surface area contributed by atoms with Crippen LogP contribution in [0.1, 0.15) is 0 Å². The summed E-state index contributed by atoms with van der Waals surface area (Å²) in [6.07, 6.45) is -1.01. The maximum Gasteiger partial charge on any atom is 0.511 e. The first-order valence-corrected chi connectivity index (χ1v) is 2.09. The molecule has 0 heterocycles. The van der Waals surface area contributed by atoms with Gasteiger partial charge in [-0.3, -0.25) is 17.2 Å². The summed E-state index contributed by atoms with van der Waals surface area (Å²) in [6, 6.07) is 0. The quantitative estimate of drug-likeness (QED) is 0.290. The Bertz CT molecular complexity index is 107. The highest BCUT2D eigenvalue weighted by atomic mass is 16.7. The summed E-state index contributed by atoms with van der Waals surface area (Å²) in [7, 11) is 1.12. The van der Waals surface area contributed by atoms with Crippen LogP contribution in [-0.2, 0) is 9.47 Å². The number of rotatable bonds is 1. The van der Waals surface area contributed by atoms with E-state index in [2.05, 4.69) is 9.47 Å². The minimum atomic E-state index is -1.95. The van der Waals surface area contributed by atoms with Crippen LogP contribution in [0.4, 0.5) is 4.79 Å². The van der Waals surface area contributed by atoms with Gasteiger partial charge in [0.05, 0.1) is 7.11 Å². The highest BCUT2D eigenvalue weighted by Crippen LogP contribution is 1.86. The number of ether oxygens (including phenoxy) is 2. The molecule has 0 aliphatic carbocycles. The van der Waals surface area contributed by atoms with Gasteiger partial charge in [0.1, 0.15) is 0 Å². The van der Waals surface area contributed by atoms with Gasteiger partial charge in [-0.2, -0.15) is 0 Å². The second kappa shape index (κ2) is 2.62. The number of carbonyl (C=O) groups is 1. The highest BCUT2D eigenvalue weighted by molar-refractivity contribution is 5.59. The van der Waals surface area contributed by atoms with Crippen molar-refractivity contribution in [1.82, 2.24) is 0 Å². The van der Waals surface area contributed by atoms with Gasteiger partial charge < -0.3 is 9.47 Å². The molecule has 54 valence electrons. The lowest BCUT2D eigenvalue weighted by atomic mass is 10.8. The lowest BCUT2D eigenvalue weighted by Gasteiger charge is -2.16. The Morgan fingerprint density at radius 3 is 2.00 bits per heavy atom. The molecule has 0 radical (unpaired) electrons. The van der Waals surface area contributed by atoms with Gasteiger partial charge in [0, 0.05) is 0 Å². The predicted molar refractivity (Wildman–Crippen MR) is 28.8 cm³/mol. The average molecular weight is 135 g/mol. The van der Waals surface area contributed by atoms with E-state index in [9.17, 15) is 4.79 Å². The van der Waals surface area contributed by atoms with Gasteiger partial charge >= 0.3 is 6.16 Å². The van der Waals surface area contributed by atoms with Crippen LogP contribution in [0.2, 0.25) is 0 Å². The normalized spacial score (nSPS) is 10.7. The largest absolute Gasteiger partial charge is 0.511 e. The summed E-state index contributed by atoms with van der Waals surface area (Å²) in [6.45, 7) is 0. The van der Waals surface area contributed by atoms with E-state index < -0.39 is 12.1 Å². The standard InChI is InChI=1S/C3H9N3O3/c1-8-2(7)9-3(4,5)6/h4-6H2,1H3. The van der Waals surface area contributed by atoms with Crippen molar-refractivity contribution in [3.05, 3.63) is 0 Å². The Balaban J connectivity index is 3.60. The van der Waals surface area contributed by atoms with Crippen molar-refractivity contribution in [3.63, 3.8) is 0 Å². The Morgan fingerprint density at radius 1 is 1.44 bits per heavy atom. The van der Waals surface area contributed by atoms with Gasteiger partial charge in [0.15, 0.2) is 0 Å². The third kappa shape index (κ3) is 5.01. The topological polar surface area (TPSA) is 114 Å². The van der Waals surface area contributed by atoms with Gasteiger partial charge in [-0.25, -0.2) is 4.79 Å². The van der Waals surface area contributed by atoms with Gasteiger partial charge in [0.25, 0.3) is 5.97 Å². The van der Waals surface area contributed by atoms with Crippen LogP contribution >= 0.6 is 0 Å². The lowest BCUT2D eigenvalue weighted by Crippen LogP contribution is -2.61. The van der Waals surface area contributed by atoms with Crippen LogP contribution in [0, 0.1) is 0 Å². The molecule has 0 amide bonds. The minimum absolute atomic E-state index is 1.01. The van der Waals surface area contributed by atoms with Crippen molar-refractivity contribution in [3.8, 4) is 0 Å². The molecule has 0 aromatic carbocycles. The number of methoxy groups -OCH3 is 1. The van der Waals surface area contributed by atoms with E-state index in [0.29, 0.717) is 0 Å². The van der Waals surface area contributed by atoms with Crippen LogP contribution in [0.25, 0.3) is 0 Å². The average Bonchev–Trinajstić information content (AvgIpc) is 1.62. The van der Waals surface area contributed by atoms with Crippen molar-refractivity contribution in [2.24, 2.45) is 17.2 Å². The van der Waals surface area contributed by atoms with Gasteiger partial charge in [-0.05, 0) is 0 Å². The monoisotopic (exact) mass is 135 g/mol.